The van der Waals surface area contributed by atoms with E-state index in [1.807, 2.05) is 12.3 Å². The zero-order valence-electron chi connectivity index (χ0n) is 27.2. The van der Waals surface area contributed by atoms with E-state index in [1.54, 1.807) is 0 Å². The molecule has 5 heteroatoms. The molecule has 0 spiro atoms. The van der Waals surface area contributed by atoms with Crippen LogP contribution in [-0.4, -0.2) is 36.1 Å². The van der Waals surface area contributed by atoms with Crippen molar-refractivity contribution in [1.29, 1.82) is 0 Å². The molecular formula is C36H54MnN4. The molecule has 0 bridgehead atoms. The summed E-state index contributed by atoms with van der Waals surface area (Å²) in [6.45, 7) is 27.3. The van der Waals surface area contributed by atoms with Gasteiger partial charge in [-0.1, -0.05) is 96.8 Å². The Bertz CT molecular complexity index is 1080. The third-order valence-electron chi connectivity index (χ3n) is 7.75. The minimum absolute atomic E-state index is 0. The summed E-state index contributed by atoms with van der Waals surface area (Å²) in [6, 6.07) is 15.6. The van der Waals surface area contributed by atoms with Crippen LogP contribution in [-0.2, 0) is 23.6 Å². The molecule has 1 radical (unpaired) electrons. The van der Waals surface area contributed by atoms with E-state index in [2.05, 4.69) is 126 Å². The molecule has 0 atom stereocenters. The predicted octanol–water partition coefficient (Wildman–Crippen LogP) is 9.22. The fraction of sp³-hybridized carbons (Fsp3) is 0.528. The number of aryl methyl sites for hydroxylation is 2. The van der Waals surface area contributed by atoms with Gasteiger partial charge >= 0.3 is 0 Å². The number of aromatic nitrogens is 1. The molecule has 3 rings (SSSR count). The van der Waals surface area contributed by atoms with Gasteiger partial charge in [0, 0.05) is 67.4 Å². The summed E-state index contributed by atoms with van der Waals surface area (Å²) in [4.78, 5) is 7.16. The molecule has 3 aromatic rings. The first-order valence-electron chi connectivity index (χ1n) is 15.4. The first-order valence-corrected chi connectivity index (χ1v) is 15.4. The minimum atomic E-state index is 0. The third kappa shape index (κ3) is 9.87. The summed E-state index contributed by atoms with van der Waals surface area (Å²) >= 11 is 0. The standard InChI is InChI=1S/C36H54N4.Mn/c1-24(2)31-19-28(9)20-32(25(3)4)35(31)38-15-17-40(23-30-13-11-12-14-37-30)18-16-39-36-33(26(5)6)21-29(10)22-34(36)27(7)8;/h11-14,19-22,24-27,38-39H,15-18,23H2,1-10H3;. The normalized spacial score (nSPS) is 11.6. The second-order valence-electron chi connectivity index (χ2n) is 12.7. The Kier molecular flexibility index (Phi) is 13.9. The molecule has 0 saturated heterocycles. The SMILES string of the molecule is Cc1cc(C(C)C)c(NCCN(CCNc2c(C(C)C)cc(C)cc2C(C)C)Cc2ccccn2)c(C(C)C)c1.[Mn]. The number of pyridine rings is 1. The van der Waals surface area contributed by atoms with Gasteiger partial charge in [0.1, 0.15) is 0 Å². The fourth-order valence-corrected chi connectivity index (χ4v) is 5.58. The number of benzene rings is 2. The fourth-order valence-electron chi connectivity index (χ4n) is 5.58. The maximum Gasteiger partial charge on any atom is 0.0543 e. The van der Waals surface area contributed by atoms with Crippen LogP contribution >= 0.6 is 0 Å². The number of rotatable bonds is 14. The van der Waals surface area contributed by atoms with Crippen molar-refractivity contribution in [3.63, 3.8) is 0 Å². The summed E-state index contributed by atoms with van der Waals surface area (Å²) < 4.78 is 0. The van der Waals surface area contributed by atoms with Crippen molar-refractivity contribution in [2.24, 2.45) is 0 Å². The molecule has 0 aliphatic rings. The van der Waals surface area contributed by atoms with Crippen molar-refractivity contribution in [2.45, 2.75) is 99.5 Å². The van der Waals surface area contributed by atoms with Crippen LogP contribution in [0.1, 0.15) is 118 Å². The largest absolute Gasteiger partial charge is 0.383 e. The van der Waals surface area contributed by atoms with Crippen LogP contribution in [0.2, 0.25) is 0 Å². The molecule has 225 valence electrons. The molecule has 41 heavy (non-hydrogen) atoms. The van der Waals surface area contributed by atoms with Gasteiger partial charge in [-0.25, -0.2) is 0 Å². The average Bonchev–Trinajstić information content (AvgIpc) is 2.89. The third-order valence-corrected chi connectivity index (χ3v) is 7.75. The number of nitrogens with zero attached hydrogens (tertiary/aromatic N) is 2. The van der Waals surface area contributed by atoms with E-state index < -0.39 is 0 Å². The molecule has 4 nitrogen and oxygen atoms in total. The van der Waals surface area contributed by atoms with Gasteiger partial charge in [0.2, 0.25) is 0 Å². The van der Waals surface area contributed by atoms with Gasteiger partial charge in [-0.2, -0.15) is 0 Å². The zero-order chi connectivity index (χ0) is 29.4. The number of anilines is 2. The van der Waals surface area contributed by atoms with E-state index in [4.69, 9.17) is 0 Å². The molecule has 0 aliphatic heterocycles. The number of hydrogen-bond donors (Lipinski definition) is 2. The second kappa shape index (κ2) is 16.3. The van der Waals surface area contributed by atoms with Crippen LogP contribution in [0.4, 0.5) is 11.4 Å². The number of hydrogen-bond acceptors (Lipinski definition) is 4. The van der Waals surface area contributed by atoms with Crippen LogP contribution in [0, 0.1) is 13.8 Å². The molecule has 0 amide bonds. The monoisotopic (exact) mass is 597 g/mol. The smallest absolute Gasteiger partial charge is 0.0543 e. The van der Waals surface area contributed by atoms with Crippen LogP contribution < -0.4 is 10.6 Å². The van der Waals surface area contributed by atoms with Crippen LogP contribution in [0.3, 0.4) is 0 Å². The van der Waals surface area contributed by atoms with Gasteiger partial charge < -0.3 is 10.6 Å². The molecule has 1 aromatic heterocycles. The Balaban J connectivity index is 0.00000588. The second-order valence-corrected chi connectivity index (χ2v) is 12.7. The van der Waals surface area contributed by atoms with Crippen molar-refractivity contribution in [3.05, 3.63) is 87.7 Å². The number of nitrogens with one attached hydrogen (secondary N) is 2. The van der Waals surface area contributed by atoms with Gasteiger partial charge in [-0.3, -0.25) is 9.88 Å². The van der Waals surface area contributed by atoms with E-state index in [0.29, 0.717) is 23.7 Å². The quantitative estimate of drug-likeness (QED) is 0.182. The molecule has 2 N–H and O–H groups in total. The van der Waals surface area contributed by atoms with Gasteiger partial charge in [-0.15, -0.1) is 0 Å². The van der Waals surface area contributed by atoms with Crippen LogP contribution in [0.5, 0.6) is 0 Å². The van der Waals surface area contributed by atoms with E-state index in [1.165, 1.54) is 44.8 Å². The summed E-state index contributed by atoms with van der Waals surface area (Å²) in [5.41, 5.74) is 12.1. The maximum atomic E-state index is 4.64. The zero-order valence-corrected chi connectivity index (χ0v) is 28.4. The summed E-state index contributed by atoms with van der Waals surface area (Å²) in [7, 11) is 0. The Hall–Kier alpha value is -2.33. The van der Waals surface area contributed by atoms with Crippen LogP contribution in [0.25, 0.3) is 0 Å². The van der Waals surface area contributed by atoms with Gasteiger partial charge in [0.25, 0.3) is 0 Å². The molecular weight excluding hydrogens is 543 g/mol. The van der Waals surface area contributed by atoms with Crippen molar-refractivity contribution in [2.75, 3.05) is 36.8 Å². The maximum absolute atomic E-state index is 4.64. The van der Waals surface area contributed by atoms with Crippen molar-refractivity contribution in [3.8, 4) is 0 Å². The van der Waals surface area contributed by atoms with Crippen molar-refractivity contribution in [1.82, 2.24) is 9.88 Å². The molecule has 0 aliphatic carbocycles. The summed E-state index contributed by atoms with van der Waals surface area (Å²) in [5, 5.41) is 7.74. The molecule has 1 heterocycles. The molecule has 0 saturated carbocycles. The first-order chi connectivity index (χ1) is 19.0. The van der Waals surface area contributed by atoms with Crippen LogP contribution in [0.15, 0.2) is 48.7 Å². The molecule has 0 fully saturated rings. The summed E-state index contributed by atoms with van der Waals surface area (Å²) in [6.07, 6.45) is 1.90. The topological polar surface area (TPSA) is 40.2 Å². The average molecular weight is 598 g/mol. The van der Waals surface area contributed by atoms with Gasteiger partial charge in [-0.05, 0) is 71.9 Å². The Morgan fingerprint density at radius 2 is 1.02 bits per heavy atom. The van der Waals surface area contributed by atoms with Gasteiger partial charge in [0.05, 0.1) is 5.69 Å². The summed E-state index contributed by atoms with van der Waals surface area (Å²) in [5.74, 6) is 1.92. The van der Waals surface area contributed by atoms with Gasteiger partial charge in [0.15, 0.2) is 0 Å². The Morgan fingerprint density at radius 1 is 0.634 bits per heavy atom. The Morgan fingerprint density at radius 3 is 1.34 bits per heavy atom. The van der Waals surface area contributed by atoms with Crippen molar-refractivity contribution < 1.29 is 17.1 Å². The molecule has 2 aromatic carbocycles. The van der Waals surface area contributed by atoms with Crippen molar-refractivity contribution >= 4 is 11.4 Å². The van der Waals surface area contributed by atoms with E-state index in [9.17, 15) is 0 Å². The van der Waals surface area contributed by atoms with E-state index in [0.717, 1.165) is 38.4 Å². The van der Waals surface area contributed by atoms with E-state index >= 15 is 0 Å². The Labute approximate surface area is 261 Å². The van der Waals surface area contributed by atoms with E-state index in [-0.39, 0.29) is 17.1 Å². The predicted molar refractivity (Wildman–Crippen MR) is 175 cm³/mol. The minimum Gasteiger partial charge on any atom is -0.383 e. The first kappa shape index (κ1) is 34.9. The molecule has 0 unspecified atom stereocenters.